The van der Waals surface area contributed by atoms with Gasteiger partial charge in [0, 0.05) is 49.9 Å². The van der Waals surface area contributed by atoms with Gasteiger partial charge < -0.3 is 19.5 Å². The highest BCUT2D eigenvalue weighted by molar-refractivity contribution is 5.76. The molecular formula is C19H25N5O2. The zero-order valence-electron chi connectivity index (χ0n) is 15.1. The molecule has 138 valence electrons. The highest BCUT2D eigenvalue weighted by Crippen LogP contribution is 2.28. The maximum atomic E-state index is 12.4. The number of ether oxygens (including phenoxy) is 1. The fraction of sp³-hybridized carbons (Fsp3) is 0.526. The minimum atomic E-state index is 0.151. The van der Waals surface area contributed by atoms with Crippen molar-refractivity contribution in [1.82, 2.24) is 19.9 Å². The number of amides is 1. The van der Waals surface area contributed by atoms with Gasteiger partial charge in [0.1, 0.15) is 12.1 Å². The van der Waals surface area contributed by atoms with Crippen LogP contribution >= 0.6 is 0 Å². The SMILES string of the molecule is COc1cc(N2Cc3cccn3C[C@@H](CC(=O)NCC3CC3)C2)ncn1. The molecule has 1 N–H and O–H groups in total. The van der Waals surface area contributed by atoms with Gasteiger partial charge in [0.2, 0.25) is 11.8 Å². The number of carbonyl (C=O) groups excluding carboxylic acids is 1. The summed E-state index contributed by atoms with van der Waals surface area (Å²) < 4.78 is 7.48. The van der Waals surface area contributed by atoms with E-state index in [1.54, 1.807) is 7.11 Å². The van der Waals surface area contributed by atoms with Gasteiger partial charge in [0.05, 0.1) is 13.7 Å². The van der Waals surface area contributed by atoms with E-state index in [1.807, 2.05) is 6.07 Å². The molecule has 7 nitrogen and oxygen atoms in total. The first-order valence-corrected chi connectivity index (χ1v) is 9.23. The van der Waals surface area contributed by atoms with Crippen LogP contribution in [0.3, 0.4) is 0 Å². The number of anilines is 1. The second-order valence-corrected chi connectivity index (χ2v) is 7.27. The summed E-state index contributed by atoms with van der Waals surface area (Å²) in [5.41, 5.74) is 1.23. The molecule has 1 amide bonds. The van der Waals surface area contributed by atoms with Gasteiger partial charge in [-0.1, -0.05) is 0 Å². The van der Waals surface area contributed by atoms with Crippen LogP contribution in [0.2, 0.25) is 0 Å². The summed E-state index contributed by atoms with van der Waals surface area (Å²) in [6, 6.07) is 6.04. The van der Waals surface area contributed by atoms with E-state index in [0.29, 0.717) is 18.2 Å². The summed E-state index contributed by atoms with van der Waals surface area (Å²) in [6.45, 7) is 3.21. The fourth-order valence-corrected chi connectivity index (χ4v) is 3.51. The molecule has 2 aromatic heterocycles. The molecule has 0 unspecified atom stereocenters. The number of aromatic nitrogens is 3. The van der Waals surface area contributed by atoms with Crippen molar-refractivity contribution in [2.45, 2.75) is 32.4 Å². The third-order valence-electron chi connectivity index (χ3n) is 5.13. The van der Waals surface area contributed by atoms with E-state index in [0.717, 1.165) is 32.0 Å². The van der Waals surface area contributed by atoms with Crippen molar-refractivity contribution in [1.29, 1.82) is 0 Å². The highest BCUT2D eigenvalue weighted by Gasteiger charge is 2.26. The summed E-state index contributed by atoms with van der Waals surface area (Å²) in [6.07, 6.45) is 6.65. The first kappa shape index (κ1) is 16.9. The second kappa shape index (κ2) is 7.35. The summed E-state index contributed by atoms with van der Waals surface area (Å²) in [5, 5.41) is 3.09. The molecular weight excluding hydrogens is 330 g/mol. The van der Waals surface area contributed by atoms with Crippen molar-refractivity contribution < 1.29 is 9.53 Å². The van der Waals surface area contributed by atoms with Crippen LogP contribution in [-0.2, 0) is 17.9 Å². The number of nitrogens with one attached hydrogen (secondary N) is 1. The van der Waals surface area contributed by atoms with Crippen LogP contribution in [0, 0.1) is 11.8 Å². The monoisotopic (exact) mass is 355 g/mol. The molecule has 7 heteroatoms. The Balaban J connectivity index is 1.50. The Morgan fingerprint density at radius 1 is 1.31 bits per heavy atom. The molecule has 1 fully saturated rings. The maximum Gasteiger partial charge on any atom is 0.220 e. The van der Waals surface area contributed by atoms with E-state index < -0.39 is 0 Å². The van der Waals surface area contributed by atoms with Crippen LogP contribution in [0.4, 0.5) is 5.82 Å². The lowest BCUT2D eigenvalue weighted by Crippen LogP contribution is -2.33. The Morgan fingerprint density at radius 2 is 2.19 bits per heavy atom. The predicted molar refractivity (Wildman–Crippen MR) is 97.9 cm³/mol. The van der Waals surface area contributed by atoms with Crippen molar-refractivity contribution >= 4 is 11.7 Å². The Labute approximate surface area is 153 Å². The smallest absolute Gasteiger partial charge is 0.220 e. The summed E-state index contributed by atoms with van der Waals surface area (Å²) >= 11 is 0. The van der Waals surface area contributed by atoms with Crippen LogP contribution < -0.4 is 15.0 Å². The topological polar surface area (TPSA) is 72.3 Å². The number of methoxy groups -OCH3 is 1. The summed E-state index contributed by atoms with van der Waals surface area (Å²) in [7, 11) is 1.60. The van der Waals surface area contributed by atoms with E-state index >= 15 is 0 Å². The zero-order chi connectivity index (χ0) is 17.9. The molecule has 0 radical (unpaired) electrons. The molecule has 2 aliphatic rings. The lowest BCUT2D eigenvalue weighted by atomic mass is 10.0. The number of nitrogens with zero attached hydrogens (tertiary/aromatic N) is 4. The molecule has 0 spiro atoms. The Morgan fingerprint density at radius 3 is 3.00 bits per heavy atom. The molecule has 2 aromatic rings. The minimum Gasteiger partial charge on any atom is -0.481 e. The van der Waals surface area contributed by atoms with E-state index in [-0.39, 0.29) is 11.8 Å². The molecule has 1 atom stereocenters. The molecule has 1 aliphatic carbocycles. The standard InChI is InChI=1S/C19H25N5O2/c1-26-19-8-17(21-13-22-19)24-11-15(7-18(25)20-9-14-4-5-14)10-23-6-2-3-16(23)12-24/h2-3,6,8,13-15H,4-5,7,9-12H2,1H3,(H,20,25)/t15-/m1/s1. The fourth-order valence-electron chi connectivity index (χ4n) is 3.51. The van der Waals surface area contributed by atoms with E-state index in [9.17, 15) is 4.79 Å². The highest BCUT2D eigenvalue weighted by atomic mass is 16.5. The van der Waals surface area contributed by atoms with Crippen molar-refractivity contribution in [3.63, 3.8) is 0 Å². The number of hydrogen-bond acceptors (Lipinski definition) is 5. The van der Waals surface area contributed by atoms with Gasteiger partial charge in [0.25, 0.3) is 0 Å². The van der Waals surface area contributed by atoms with Gasteiger partial charge in [-0.2, -0.15) is 0 Å². The molecule has 0 saturated heterocycles. The Bertz CT molecular complexity index is 771. The lowest BCUT2D eigenvalue weighted by molar-refractivity contribution is -0.122. The molecule has 26 heavy (non-hydrogen) atoms. The molecule has 0 bridgehead atoms. The molecule has 1 aliphatic heterocycles. The zero-order valence-corrected chi connectivity index (χ0v) is 15.1. The van der Waals surface area contributed by atoms with E-state index in [4.69, 9.17) is 4.74 Å². The van der Waals surface area contributed by atoms with Crippen LogP contribution in [0.1, 0.15) is 25.0 Å². The molecule has 3 heterocycles. The number of fused-ring (bicyclic) bond motifs is 1. The van der Waals surface area contributed by atoms with Gasteiger partial charge in [-0.3, -0.25) is 4.79 Å². The van der Waals surface area contributed by atoms with Gasteiger partial charge in [0.15, 0.2) is 0 Å². The molecule has 4 rings (SSSR count). The predicted octanol–water partition coefficient (Wildman–Crippen LogP) is 1.84. The normalized spacial score (nSPS) is 19.6. The largest absolute Gasteiger partial charge is 0.481 e. The second-order valence-electron chi connectivity index (χ2n) is 7.27. The molecule has 1 saturated carbocycles. The van der Waals surface area contributed by atoms with Gasteiger partial charge >= 0.3 is 0 Å². The number of carbonyl (C=O) groups is 1. The van der Waals surface area contributed by atoms with Gasteiger partial charge in [-0.15, -0.1) is 0 Å². The van der Waals surface area contributed by atoms with Crippen molar-refractivity contribution in [2.24, 2.45) is 11.8 Å². The van der Waals surface area contributed by atoms with Gasteiger partial charge in [-0.05, 0) is 30.9 Å². The third-order valence-corrected chi connectivity index (χ3v) is 5.13. The average Bonchev–Trinajstić information content (AvgIpc) is 3.42. The molecule has 0 aromatic carbocycles. The first-order valence-electron chi connectivity index (χ1n) is 9.23. The quantitative estimate of drug-likeness (QED) is 0.856. The van der Waals surface area contributed by atoms with Crippen LogP contribution in [-0.4, -0.2) is 40.6 Å². The van der Waals surface area contributed by atoms with Crippen LogP contribution in [0.15, 0.2) is 30.7 Å². The number of rotatable bonds is 6. The lowest BCUT2D eigenvalue weighted by Gasteiger charge is -2.25. The van der Waals surface area contributed by atoms with Crippen molar-refractivity contribution in [2.75, 3.05) is 25.1 Å². The summed E-state index contributed by atoms with van der Waals surface area (Å²) in [5.74, 6) is 2.46. The Kier molecular flexibility index (Phi) is 4.77. The van der Waals surface area contributed by atoms with Gasteiger partial charge in [-0.25, -0.2) is 9.97 Å². The van der Waals surface area contributed by atoms with Crippen molar-refractivity contribution in [3.05, 3.63) is 36.4 Å². The average molecular weight is 355 g/mol. The number of hydrogen-bond donors (Lipinski definition) is 1. The van der Waals surface area contributed by atoms with E-state index in [1.165, 1.54) is 24.9 Å². The van der Waals surface area contributed by atoms with Crippen molar-refractivity contribution in [3.8, 4) is 5.88 Å². The van der Waals surface area contributed by atoms with Crippen LogP contribution in [0.25, 0.3) is 0 Å². The van der Waals surface area contributed by atoms with Crippen LogP contribution in [0.5, 0.6) is 5.88 Å². The Hall–Kier alpha value is -2.57. The summed E-state index contributed by atoms with van der Waals surface area (Å²) in [4.78, 5) is 23.1. The first-order chi connectivity index (χ1) is 12.7. The third kappa shape index (κ3) is 3.98. The van der Waals surface area contributed by atoms with E-state index in [2.05, 4.69) is 43.1 Å². The minimum absolute atomic E-state index is 0.151. The maximum absolute atomic E-state index is 12.4.